The summed E-state index contributed by atoms with van der Waals surface area (Å²) < 4.78 is 18.6. The van der Waals surface area contributed by atoms with Gasteiger partial charge in [-0.25, -0.2) is 4.39 Å². The van der Waals surface area contributed by atoms with E-state index in [1.807, 2.05) is 6.07 Å². The van der Waals surface area contributed by atoms with Gasteiger partial charge in [-0.2, -0.15) is 5.26 Å². The molecule has 0 saturated carbocycles. The van der Waals surface area contributed by atoms with E-state index in [1.165, 1.54) is 30.3 Å². The second-order valence-electron chi connectivity index (χ2n) is 6.51. The third-order valence-corrected chi connectivity index (χ3v) is 4.42. The highest BCUT2D eigenvalue weighted by Gasteiger charge is 2.12. The lowest BCUT2D eigenvalue weighted by Crippen LogP contribution is -2.20. The second kappa shape index (κ2) is 10.8. The fraction of sp³-hybridized carbons (Fsp3) is 0.0417. The normalized spacial score (nSPS) is 10.7. The first-order valence-electron chi connectivity index (χ1n) is 9.40. The summed E-state index contributed by atoms with van der Waals surface area (Å²) in [5.41, 5.74) is 1.18. The molecule has 0 spiro atoms. The molecule has 0 heterocycles. The first kappa shape index (κ1) is 22.5. The number of ether oxygens (including phenoxy) is 1. The predicted octanol–water partition coefficient (Wildman–Crippen LogP) is 5.04. The average molecular weight is 450 g/mol. The first-order chi connectivity index (χ1) is 15.4. The number of nitrogens with zero attached hydrogens (tertiary/aromatic N) is 1. The Bertz CT molecular complexity index is 1190. The van der Waals surface area contributed by atoms with Gasteiger partial charge in [0.2, 0.25) is 0 Å². The van der Waals surface area contributed by atoms with Crippen LogP contribution < -0.4 is 15.4 Å². The van der Waals surface area contributed by atoms with Crippen LogP contribution in [0.4, 0.5) is 15.8 Å². The number of carbonyl (C=O) groups is 2. The maximum Gasteiger partial charge on any atom is 0.266 e. The Morgan fingerprint density at radius 3 is 2.28 bits per heavy atom. The lowest BCUT2D eigenvalue weighted by Gasteiger charge is -2.10. The number of carbonyl (C=O) groups excluding carboxylic acids is 2. The Balaban J connectivity index is 1.68. The summed E-state index contributed by atoms with van der Waals surface area (Å²) in [6.07, 6.45) is 1.35. The van der Waals surface area contributed by atoms with E-state index >= 15 is 0 Å². The van der Waals surface area contributed by atoms with Crippen LogP contribution in [0.25, 0.3) is 6.08 Å². The summed E-state index contributed by atoms with van der Waals surface area (Å²) in [4.78, 5) is 24.6. The van der Waals surface area contributed by atoms with Crippen molar-refractivity contribution in [2.45, 2.75) is 0 Å². The molecule has 0 bridgehead atoms. The van der Waals surface area contributed by atoms with E-state index in [2.05, 4.69) is 10.6 Å². The molecule has 160 valence electrons. The highest BCUT2D eigenvalue weighted by atomic mass is 35.5. The fourth-order valence-electron chi connectivity index (χ4n) is 2.64. The summed E-state index contributed by atoms with van der Waals surface area (Å²) in [5, 5.41) is 15.2. The molecule has 0 unspecified atom stereocenters. The minimum Gasteiger partial charge on any atom is -0.483 e. The quantitative estimate of drug-likeness (QED) is 0.390. The molecule has 0 aliphatic carbocycles. The number of benzene rings is 3. The van der Waals surface area contributed by atoms with Gasteiger partial charge in [-0.1, -0.05) is 29.8 Å². The van der Waals surface area contributed by atoms with Crippen LogP contribution in [-0.4, -0.2) is 18.4 Å². The Kier molecular flexibility index (Phi) is 7.57. The maximum absolute atomic E-state index is 13.0. The molecule has 3 rings (SSSR count). The van der Waals surface area contributed by atoms with Gasteiger partial charge < -0.3 is 15.4 Å². The zero-order valence-electron chi connectivity index (χ0n) is 16.6. The molecule has 3 aromatic rings. The Hall–Kier alpha value is -4.15. The minimum atomic E-state index is -0.658. The molecule has 0 aliphatic heterocycles. The molecule has 0 aliphatic rings. The van der Waals surface area contributed by atoms with Crippen molar-refractivity contribution in [3.05, 3.63) is 94.8 Å². The largest absolute Gasteiger partial charge is 0.483 e. The van der Waals surface area contributed by atoms with Crippen LogP contribution in [0.1, 0.15) is 5.56 Å². The second-order valence-corrected chi connectivity index (χ2v) is 6.95. The third-order valence-electron chi connectivity index (χ3n) is 4.17. The molecule has 8 heteroatoms. The summed E-state index contributed by atoms with van der Waals surface area (Å²) in [6.45, 7) is -0.281. The zero-order chi connectivity index (χ0) is 22.9. The number of hydrogen-bond donors (Lipinski definition) is 2. The van der Waals surface area contributed by atoms with Gasteiger partial charge in [0.1, 0.15) is 23.2 Å². The molecule has 3 aromatic carbocycles. The molecule has 6 nitrogen and oxygen atoms in total. The maximum atomic E-state index is 13.0. The Morgan fingerprint density at radius 1 is 0.969 bits per heavy atom. The van der Waals surface area contributed by atoms with E-state index in [0.717, 1.165) is 0 Å². The Labute approximate surface area is 188 Å². The highest BCUT2D eigenvalue weighted by Crippen LogP contribution is 2.22. The lowest BCUT2D eigenvalue weighted by atomic mass is 10.1. The molecule has 0 saturated heterocycles. The molecule has 32 heavy (non-hydrogen) atoms. The minimum absolute atomic E-state index is 0.184. The van der Waals surface area contributed by atoms with Crippen LogP contribution in [0.2, 0.25) is 5.02 Å². The molecule has 0 radical (unpaired) electrons. The van der Waals surface area contributed by atoms with Crippen LogP contribution in [0, 0.1) is 17.1 Å². The van der Waals surface area contributed by atoms with Crippen molar-refractivity contribution in [3.8, 4) is 11.8 Å². The lowest BCUT2D eigenvalue weighted by molar-refractivity contribution is -0.118. The molecule has 2 N–H and O–H groups in total. The number of hydrogen-bond acceptors (Lipinski definition) is 4. The van der Waals surface area contributed by atoms with Crippen LogP contribution >= 0.6 is 11.6 Å². The van der Waals surface area contributed by atoms with E-state index in [-0.39, 0.29) is 18.1 Å². The number of nitrogens with one attached hydrogen (secondary N) is 2. The number of halogens is 2. The van der Waals surface area contributed by atoms with E-state index in [4.69, 9.17) is 16.3 Å². The van der Waals surface area contributed by atoms with Crippen molar-refractivity contribution in [3.63, 3.8) is 0 Å². The van der Waals surface area contributed by atoms with E-state index in [1.54, 1.807) is 48.5 Å². The fourth-order valence-corrected chi connectivity index (χ4v) is 2.77. The van der Waals surface area contributed by atoms with Gasteiger partial charge in [0, 0.05) is 22.0 Å². The van der Waals surface area contributed by atoms with E-state index < -0.39 is 11.7 Å². The van der Waals surface area contributed by atoms with E-state index in [0.29, 0.717) is 27.7 Å². The number of rotatable bonds is 7. The van der Waals surface area contributed by atoms with Crippen LogP contribution in [0.15, 0.2) is 78.4 Å². The smallest absolute Gasteiger partial charge is 0.266 e. The summed E-state index contributed by atoms with van der Waals surface area (Å²) in [6, 6.07) is 20.3. The van der Waals surface area contributed by atoms with Gasteiger partial charge >= 0.3 is 0 Å². The van der Waals surface area contributed by atoms with Gasteiger partial charge in [0.05, 0.1) is 0 Å². The highest BCUT2D eigenvalue weighted by molar-refractivity contribution is 6.30. The van der Waals surface area contributed by atoms with Crippen molar-refractivity contribution >= 4 is 40.9 Å². The SMILES string of the molecule is N#C/C(=C\c1ccccc1OCC(=O)Nc1ccc(Cl)cc1)C(=O)Nc1ccc(F)cc1. The van der Waals surface area contributed by atoms with E-state index in [9.17, 15) is 19.2 Å². The Morgan fingerprint density at radius 2 is 1.59 bits per heavy atom. The number of para-hydroxylation sites is 1. The topological polar surface area (TPSA) is 91.2 Å². The van der Waals surface area contributed by atoms with Crippen molar-refractivity contribution in [2.24, 2.45) is 0 Å². The standard InChI is InChI=1S/C24H17ClFN3O3/c25-18-5-9-20(10-6-18)28-23(30)15-32-22-4-2-1-3-16(22)13-17(14-27)24(31)29-21-11-7-19(26)8-12-21/h1-13H,15H2,(H,28,30)(H,29,31)/b17-13+. The van der Waals surface area contributed by atoms with Crippen molar-refractivity contribution < 1.29 is 18.7 Å². The van der Waals surface area contributed by atoms with Gasteiger partial charge in [-0.05, 0) is 60.7 Å². The molecule has 2 amide bonds. The summed E-state index contributed by atoms with van der Waals surface area (Å²) in [5.74, 6) is -1.17. The third kappa shape index (κ3) is 6.42. The van der Waals surface area contributed by atoms with Crippen LogP contribution in [0.5, 0.6) is 5.75 Å². The predicted molar refractivity (Wildman–Crippen MR) is 121 cm³/mol. The summed E-state index contributed by atoms with van der Waals surface area (Å²) in [7, 11) is 0. The number of amides is 2. The summed E-state index contributed by atoms with van der Waals surface area (Å²) >= 11 is 5.82. The number of nitriles is 1. The van der Waals surface area contributed by atoms with Gasteiger partial charge in [0.15, 0.2) is 6.61 Å². The first-order valence-corrected chi connectivity index (χ1v) is 9.78. The average Bonchev–Trinajstić information content (AvgIpc) is 2.79. The monoisotopic (exact) mass is 449 g/mol. The van der Waals surface area contributed by atoms with Crippen LogP contribution in [0.3, 0.4) is 0 Å². The van der Waals surface area contributed by atoms with Gasteiger partial charge in [-0.15, -0.1) is 0 Å². The van der Waals surface area contributed by atoms with Crippen LogP contribution in [-0.2, 0) is 9.59 Å². The number of anilines is 2. The van der Waals surface area contributed by atoms with Gasteiger partial charge in [0.25, 0.3) is 11.8 Å². The molecule has 0 atom stereocenters. The van der Waals surface area contributed by atoms with Gasteiger partial charge in [-0.3, -0.25) is 9.59 Å². The molecular weight excluding hydrogens is 433 g/mol. The zero-order valence-corrected chi connectivity index (χ0v) is 17.4. The van der Waals surface area contributed by atoms with Crippen molar-refractivity contribution in [1.82, 2.24) is 0 Å². The van der Waals surface area contributed by atoms with Crippen molar-refractivity contribution in [1.29, 1.82) is 5.26 Å². The van der Waals surface area contributed by atoms with Crippen molar-refractivity contribution in [2.75, 3.05) is 17.2 Å². The molecule has 0 fully saturated rings. The molecular formula is C24H17ClFN3O3. The molecule has 0 aromatic heterocycles.